The van der Waals surface area contributed by atoms with Gasteiger partial charge in [-0.15, -0.1) is 0 Å². The van der Waals surface area contributed by atoms with E-state index in [0.29, 0.717) is 16.8 Å². The molecule has 0 heterocycles. The van der Waals surface area contributed by atoms with Crippen molar-refractivity contribution in [3.8, 4) is 6.07 Å². The number of ketones is 1. The van der Waals surface area contributed by atoms with Gasteiger partial charge in [-0.3, -0.25) is 9.59 Å². The first-order chi connectivity index (χ1) is 17.4. The van der Waals surface area contributed by atoms with E-state index in [1.807, 2.05) is 6.07 Å². The van der Waals surface area contributed by atoms with Crippen LogP contribution in [0.4, 0.5) is 16.2 Å². The Morgan fingerprint density at radius 1 is 0.917 bits per heavy atom. The van der Waals surface area contributed by atoms with Crippen molar-refractivity contribution in [2.24, 2.45) is 0 Å². The van der Waals surface area contributed by atoms with Crippen LogP contribution in [0.15, 0.2) is 85.5 Å². The second-order valence-electron chi connectivity index (χ2n) is 7.39. The van der Waals surface area contributed by atoms with Crippen molar-refractivity contribution in [1.82, 2.24) is 5.32 Å². The molecule has 0 spiro atoms. The molecule has 3 aromatic rings. The molecule has 0 bridgehead atoms. The van der Waals surface area contributed by atoms with E-state index in [1.165, 1.54) is 24.3 Å². The second kappa shape index (κ2) is 12.3. The fourth-order valence-corrected chi connectivity index (χ4v) is 3.11. The summed E-state index contributed by atoms with van der Waals surface area (Å²) < 4.78 is 4.96. The summed E-state index contributed by atoms with van der Waals surface area (Å²) in [7, 11) is 0. The molecule has 0 saturated heterocycles. The van der Waals surface area contributed by atoms with Gasteiger partial charge in [0.1, 0.15) is 6.61 Å². The Morgan fingerprint density at radius 3 is 2.39 bits per heavy atom. The number of ether oxygens (including phenoxy) is 1. The minimum Gasteiger partial charge on any atom is -0.458 e. The Kier molecular flexibility index (Phi) is 8.67. The molecule has 0 radical (unpaired) electrons. The molecule has 0 aliphatic heterocycles. The predicted octanol–water partition coefficient (Wildman–Crippen LogP) is 3.89. The molecule has 9 heteroatoms. The van der Waals surface area contributed by atoms with Gasteiger partial charge in [0.05, 0.1) is 29.4 Å². The lowest BCUT2D eigenvalue weighted by molar-refractivity contribution is -0.115. The third-order valence-electron chi connectivity index (χ3n) is 4.82. The number of carbonyl (C=O) groups is 4. The minimum absolute atomic E-state index is 0.0638. The average molecular weight is 482 g/mol. The maximum absolute atomic E-state index is 12.9. The summed E-state index contributed by atoms with van der Waals surface area (Å²) in [4.78, 5) is 49.5. The molecular weight excluding hydrogens is 460 g/mol. The summed E-state index contributed by atoms with van der Waals surface area (Å²) in [5.41, 5.74) is 1.92. The summed E-state index contributed by atoms with van der Waals surface area (Å²) >= 11 is 0. The zero-order valence-electron chi connectivity index (χ0n) is 19.1. The first-order valence-electron chi connectivity index (χ1n) is 10.8. The molecule has 180 valence electrons. The zero-order chi connectivity index (χ0) is 25.9. The fourth-order valence-electron chi connectivity index (χ4n) is 3.11. The van der Waals surface area contributed by atoms with Crippen molar-refractivity contribution in [2.45, 2.75) is 0 Å². The Morgan fingerprint density at radius 2 is 1.67 bits per heavy atom. The van der Waals surface area contributed by atoms with Gasteiger partial charge in [0.15, 0.2) is 5.78 Å². The number of urea groups is 1. The van der Waals surface area contributed by atoms with E-state index in [-0.39, 0.29) is 35.7 Å². The highest BCUT2D eigenvalue weighted by Gasteiger charge is 2.16. The van der Waals surface area contributed by atoms with E-state index in [2.05, 4.69) is 22.5 Å². The number of benzene rings is 3. The van der Waals surface area contributed by atoms with Gasteiger partial charge >= 0.3 is 12.0 Å². The number of para-hydroxylation sites is 1. The molecule has 0 aliphatic rings. The van der Waals surface area contributed by atoms with Crippen molar-refractivity contribution >= 4 is 35.1 Å². The SMILES string of the molecule is C=CCOC(=O)c1cccc(NC(=O)NCC(=O)Nc2ccccc2C(=O)c2ccc(C#N)cc2)c1. The van der Waals surface area contributed by atoms with Crippen molar-refractivity contribution in [3.63, 3.8) is 0 Å². The second-order valence-corrected chi connectivity index (χ2v) is 7.39. The van der Waals surface area contributed by atoms with Crippen LogP contribution in [0.1, 0.15) is 31.8 Å². The zero-order valence-corrected chi connectivity index (χ0v) is 19.1. The normalized spacial score (nSPS) is 9.86. The summed E-state index contributed by atoms with van der Waals surface area (Å²) in [5, 5.41) is 16.5. The van der Waals surface area contributed by atoms with Gasteiger partial charge < -0.3 is 20.7 Å². The predicted molar refractivity (Wildman–Crippen MR) is 134 cm³/mol. The van der Waals surface area contributed by atoms with E-state index in [4.69, 9.17) is 10.00 Å². The van der Waals surface area contributed by atoms with Gasteiger partial charge in [-0.25, -0.2) is 9.59 Å². The van der Waals surface area contributed by atoms with Gasteiger partial charge in [-0.2, -0.15) is 5.26 Å². The van der Waals surface area contributed by atoms with Crippen molar-refractivity contribution in [3.05, 3.63) is 108 Å². The standard InChI is InChI=1S/C27H22N4O5/c1-2-14-36-26(34)20-6-5-7-21(15-20)30-27(35)29-17-24(32)31-23-9-4-3-8-22(23)25(33)19-12-10-18(16-28)11-13-19/h2-13,15H,1,14,17H2,(H,31,32)(H2,29,30,35). The molecular formula is C27H22N4O5. The van der Waals surface area contributed by atoms with E-state index >= 15 is 0 Å². The van der Waals surface area contributed by atoms with E-state index in [1.54, 1.807) is 54.6 Å². The average Bonchev–Trinajstić information content (AvgIpc) is 2.90. The molecule has 0 aliphatic carbocycles. The lowest BCUT2D eigenvalue weighted by Crippen LogP contribution is -2.36. The van der Waals surface area contributed by atoms with Crippen molar-refractivity contribution < 1.29 is 23.9 Å². The maximum atomic E-state index is 12.9. The summed E-state index contributed by atoms with van der Waals surface area (Å²) in [6.07, 6.45) is 1.44. The quantitative estimate of drug-likeness (QED) is 0.240. The number of rotatable bonds is 9. The Hall–Kier alpha value is -5.23. The third-order valence-corrected chi connectivity index (χ3v) is 4.82. The minimum atomic E-state index is -0.663. The van der Waals surface area contributed by atoms with E-state index in [0.717, 1.165) is 0 Å². The molecule has 0 fully saturated rings. The van der Waals surface area contributed by atoms with Gasteiger partial charge in [-0.05, 0) is 54.6 Å². The summed E-state index contributed by atoms with van der Waals surface area (Å²) in [6.45, 7) is 3.17. The number of nitrogens with zero attached hydrogens (tertiary/aromatic N) is 1. The molecule has 3 rings (SSSR count). The van der Waals surface area contributed by atoms with E-state index in [9.17, 15) is 19.2 Å². The highest BCUT2D eigenvalue weighted by atomic mass is 16.5. The van der Waals surface area contributed by atoms with Crippen LogP contribution in [-0.4, -0.2) is 36.8 Å². The third kappa shape index (κ3) is 6.88. The van der Waals surface area contributed by atoms with Crippen molar-refractivity contribution in [1.29, 1.82) is 5.26 Å². The van der Waals surface area contributed by atoms with Crippen molar-refractivity contribution in [2.75, 3.05) is 23.8 Å². The number of carbonyl (C=O) groups excluding carboxylic acids is 4. The van der Waals surface area contributed by atoms with Gasteiger partial charge in [-0.1, -0.05) is 30.9 Å². The molecule has 3 N–H and O–H groups in total. The Labute approximate surface area is 207 Å². The number of amides is 3. The van der Waals surface area contributed by atoms with Crippen LogP contribution in [0.25, 0.3) is 0 Å². The monoisotopic (exact) mass is 482 g/mol. The largest absolute Gasteiger partial charge is 0.458 e. The highest BCUT2D eigenvalue weighted by molar-refractivity contribution is 6.14. The van der Waals surface area contributed by atoms with Crippen LogP contribution in [-0.2, 0) is 9.53 Å². The van der Waals surface area contributed by atoms with Crippen LogP contribution in [0, 0.1) is 11.3 Å². The van der Waals surface area contributed by atoms with Crippen LogP contribution in [0.5, 0.6) is 0 Å². The molecule has 36 heavy (non-hydrogen) atoms. The number of hydrogen-bond donors (Lipinski definition) is 3. The van der Waals surface area contributed by atoms with Gasteiger partial charge in [0.25, 0.3) is 0 Å². The molecule has 9 nitrogen and oxygen atoms in total. The molecule has 0 saturated carbocycles. The fraction of sp³-hybridized carbons (Fsp3) is 0.0741. The van der Waals surface area contributed by atoms with E-state index < -0.39 is 17.9 Å². The first kappa shape index (κ1) is 25.4. The van der Waals surface area contributed by atoms with Crippen LogP contribution in [0.2, 0.25) is 0 Å². The Bertz CT molecular complexity index is 1340. The number of hydrogen-bond acceptors (Lipinski definition) is 6. The lowest BCUT2D eigenvalue weighted by atomic mass is 10.0. The number of nitriles is 1. The molecule has 0 atom stereocenters. The number of nitrogens with one attached hydrogen (secondary N) is 3. The summed E-state index contributed by atoms with van der Waals surface area (Å²) in [6, 6.07) is 20.1. The first-order valence-corrected chi connectivity index (χ1v) is 10.8. The number of esters is 1. The van der Waals surface area contributed by atoms with Gasteiger partial charge in [0.2, 0.25) is 5.91 Å². The molecule has 0 unspecified atom stereocenters. The van der Waals surface area contributed by atoms with Crippen LogP contribution >= 0.6 is 0 Å². The maximum Gasteiger partial charge on any atom is 0.338 e. The smallest absolute Gasteiger partial charge is 0.338 e. The van der Waals surface area contributed by atoms with Crippen LogP contribution < -0.4 is 16.0 Å². The topological polar surface area (TPSA) is 137 Å². The molecule has 3 aromatic carbocycles. The molecule has 3 amide bonds. The Balaban J connectivity index is 1.58. The highest BCUT2D eigenvalue weighted by Crippen LogP contribution is 2.20. The molecule has 0 aromatic heterocycles. The lowest BCUT2D eigenvalue weighted by Gasteiger charge is -2.12. The summed E-state index contributed by atoms with van der Waals surface area (Å²) in [5.74, 6) is -1.44. The van der Waals surface area contributed by atoms with Crippen LogP contribution in [0.3, 0.4) is 0 Å². The van der Waals surface area contributed by atoms with Gasteiger partial charge in [0, 0.05) is 16.8 Å². The number of anilines is 2.